The standard InChI is InChI=1S/C16H18N2O3/c1-3-17(14-7-5-4-6-12(14)2)15-9-8-13(11-19)10-16(15)18(20)21/h4-10,19H,3,11H2,1-2H3. The molecule has 0 aliphatic carbocycles. The first-order chi connectivity index (χ1) is 10.1. The molecule has 1 N–H and O–H groups in total. The van der Waals surface area contributed by atoms with Gasteiger partial charge >= 0.3 is 0 Å². The van der Waals surface area contributed by atoms with Crippen LogP contribution in [-0.4, -0.2) is 16.6 Å². The summed E-state index contributed by atoms with van der Waals surface area (Å²) < 4.78 is 0. The number of aryl methyl sites for hydroxylation is 1. The molecule has 0 saturated heterocycles. The third-order valence-corrected chi connectivity index (χ3v) is 3.43. The van der Waals surface area contributed by atoms with Gasteiger partial charge in [0.05, 0.1) is 11.5 Å². The van der Waals surface area contributed by atoms with Gasteiger partial charge < -0.3 is 10.0 Å². The minimum absolute atomic E-state index is 0.00616. The minimum Gasteiger partial charge on any atom is -0.392 e. The third kappa shape index (κ3) is 3.03. The number of nitro benzene ring substituents is 1. The lowest BCUT2D eigenvalue weighted by atomic mass is 10.1. The van der Waals surface area contributed by atoms with Crippen LogP contribution >= 0.6 is 0 Å². The lowest BCUT2D eigenvalue weighted by Crippen LogP contribution is -2.18. The van der Waals surface area contributed by atoms with E-state index in [1.54, 1.807) is 12.1 Å². The van der Waals surface area contributed by atoms with Gasteiger partial charge in [-0.05, 0) is 37.1 Å². The van der Waals surface area contributed by atoms with Crippen molar-refractivity contribution in [3.8, 4) is 0 Å². The predicted molar refractivity (Wildman–Crippen MR) is 82.9 cm³/mol. The Kier molecular flexibility index (Phi) is 4.55. The van der Waals surface area contributed by atoms with Crippen LogP contribution in [0.25, 0.3) is 0 Å². The van der Waals surface area contributed by atoms with Gasteiger partial charge in [-0.2, -0.15) is 0 Å². The largest absolute Gasteiger partial charge is 0.392 e. The van der Waals surface area contributed by atoms with E-state index in [1.807, 2.05) is 43.0 Å². The SMILES string of the molecule is CCN(c1ccccc1C)c1ccc(CO)cc1[N+](=O)[O-]. The molecule has 0 bridgehead atoms. The molecule has 5 heteroatoms. The summed E-state index contributed by atoms with van der Waals surface area (Å²) >= 11 is 0. The molecule has 0 heterocycles. The fourth-order valence-electron chi connectivity index (χ4n) is 2.38. The number of aliphatic hydroxyl groups excluding tert-OH is 1. The van der Waals surface area contributed by atoms with Gasteiger partial charge in [-0.15, -0.1) is 0 Å². The zero-order chi connectivity index (χ0) is 15.4. The molecule has 0 radical (unpaired) electrons. The molecule has 0 atom stereocenters. The Morgan fingerprint density at radius 1 is 1.19 bits per heavy atom. The zero-order valence-corrected chi connectivity index (χ0v) is 12.1. The van der Waals surface area contributed by atoms with Crippen molar-refractivity contribution in [2.75, 3.05) is 11.4 Å². The zero-order valence-electron chi connectivity index (χ0n) is 12.1. The van der Waals surface area contributed by atoms with Crippen LogP contribution in [0.15, 0.2) is 42.5 Å². The molecule has 110 valence electrons. The van der Waals surface area contributed by atoms with Crippen LogP contribution in [0.5, 0.6) is 0 Å². The molecule has 2 aromatic carbocycles. The van der Waals surface area contributed by atoms with Crippen LogP contribution < -0.4 is 4.90 Å². The van der Waals surface area contributed by atoms with Crippen molar-refractivity contribution < 1.29 is 10.0 Å². The second-order valence-corrected chi connectivity index (χ2v) is 4.77. The average Bonchev–Trinajstić information content (AvgIpc) is 2.50. The van der Waals surface area contributed by atoms with Gasteiger partial charge in [0, 0.05) is 18.3 Å². The minimum atomic E-state index is -0.407. The molecule has 0 fully saturated rings. The van der Waals surface area contributed by atoms with E-state index in [2.05, 4.69) is 0 Å². The van der Waals surface area contributed by atoms with Crippen molar-refractivity contribution in [3.05, 3.63) is 63.7 Å². The molecule has 0 spiro atoms. The van der Waals surface area contributed by atoms with Crippen LogP contribution in [0.1, 0.15) is 18.1 Å². The molecule has 0 aliphatic heterocycles. The van der Waals surface area contributed by atoms with E-state index in [0.29, 0.717) is 17.8 Å². The average molecular weight is 286 g/mol. The van der Waals surface area contributed by atoms with E-state index < -0.39 is 4.92 Å². The molecule has 0 amide bonds. The van der Waals surface area contributed by atoms with Gasteiger partial charge in [0.1, 0.15) is 5.69 Å². The fourth-order valence-corrected chi connectivity index (χ4v) is 2.38. The van der Waals surface area contributed by atoms with E-state index in [0.717, 1.165) is 11.3 Å². The number of aliphatic hydroxyl groups is 1. The van der Waals surface area contributed by atoms with Gasteiger partial charge in [0.25, 0.3) is 5.69 Å². The quantitative estimate of drug-likeness (QED) is 0.674. The second kappa shape index (κ2) is 6.37. The number of nitrogens with zero attached hydrogens (tertiary/aromatic N) is 2. The van der Waals surface area contributed by atoms with E-state index in [9.17, 15) is 10.1 Å². The number of para-hydroxylation sites is 1. The molecule has 21 heavy (non-hydrogen) atoms. The van der Waals surface area contributed by atoms with Crippen LogP contribution in [0.3, 0.4) is 0 Å². The summed E-state index contributed by atoms with van der Waals surface area (Å²) in [6, 6.07) is 12.6. The summed E-state index contributed by atoms with van der Waals surface area (Å²) in [5.41, 5.74) is 3.08. The highest BCUT2D eigenvalue weighted by molar-refractivity contribution is 5.74. The Balaban J connectivity index is 2.57. The first-order valence-electron chi connectivity index (χ1n) is 6.79. The summed E-state index contributed by atoms with van der Waals surface area (Å²) in [6.07, 6.45) is 0. The monoisotopic (exact) mass is 286 g/mol. The fraction of sp³-hybridized carbons (Fsp3) is 0.250. The van der Waals surface area contributed by atoms with E-state index in [1.165, 1.54) is 6.07 Å². The van der Waals surface area contributed by atoms with Crippen molar-refractivity contribution in [2.24, 2.45) is 0 Å². The summed E-state index contributed by atoms with van der Waals surface area (Å²) in [7, 11) is 0. The summed E-state index contributed by atoms with van der Waals surface area (Å²) in [5.74, 6) is 0. The Labute approximate surface area is 123 Å². The lowest BCUT2D eigenvalue weighted by molar-refractivity contribution is -0.384. The van der Waals surface area contributed by atoms with Gasteiger partial charge in [0.15, 0.2) is 0 Å². The Hall–Kier alpha value is -2.40. The van der Waals surface area contributed by atoms with Crippen molar-refractivity contribution in [3.63, 3.8) is 0 Å². The van der Waals surface area contributed by atoms with E-state index in [4.69, 9.17) is 5.11 Å². The van der Waals surface area contributed by atoms with Crippen molar-refractivity contribution in [2.45, 2.75) is 20.5 Å². The number of hydrogen-bond donors (Lipinski definition) is 1. The highest BCUT2D eigenvalue weighted by Crippen LogP contribution is 2.35. The summed E-state index contributed by atoms with van der Waals surface area (Å²) in [4.78, 5) is 12.8. The normalized spacial score (nSPS) is 10.4. The molecule has 0 unspecified atom stereocenters. The van der Waals surface area contributed by atoms with Gasteiger partial charge in [-0.25, -0.2) is 0 Å². The number of rotatable bonds is 5. The third-order valence-electron chi connectivity index (χ3n) is 3.43. The maximum absolute atomic E-state index is 11.3. The number of anilines is 2. The van der Waals surface area contributed by atoms with E-state index in [-0.39, 0.29) is 12.3 Å². The maximum atomic E-state index is 11.3. The predicted octanol–water partition coefficient (Wildman–Crippen LogP) is 3.55. The molecule has 0 aliphatic rings. The highest BCUT2D eigenvalue weighted by Gasteiger charge is 2.21. The van der Waals surface area contributed by atoms with Gasteiger partial charge in [0.2, 0.25) is 0 Å². The Bertz CT molecular complexity index is 656. The summed E-state index contributed by atoms with van der Waals surface area (Å²) in [6.45, 7) is 4.34. The smallest absolute Gasteiger partial charge is 0.293 e. The molecular weight excluding hydrogens is 268 g/mol. The maximum Gasteiger partial charge on any atom is 0.293 e. The second-order valence-electron chi connectivity index (χ2n) is 4.77. The van der Waals surface area contributed by atoms with E-state index >= 15 is 0 Å². The van der Waals surface area contributed by atoms with Crippen LogP contribution in [0.2, 0.25) is 0 Å². The van der Waals surface area contributed by atoms with Crippen LogP contribution in [0, 0.1) is 17.0 Å². The topological polar surface area (TPSA) is 66.6 Å². The van der Waals surface area contributed by atoms with Crippen molar-refractivity contribution in [1.82, 2.24) is 0 Å². The number of nitro groups is 1. The summed E-state index contributed by atoms with van der Waals surface area (Å²) in [5, 5.41) is 20.5. The molecule has 0 saturated carbocycles. The van der Waals surface area contributed by atoms with Crippen molar-refractivity contribution >= 4 is 17.1 Å². The molecule has 2 aromatic rings. The Morgan fingerprint density at radius 2 is 1.90 bits per heavy atom. The van der Waals surface area contributed by atoms with Crippen LogP contribution in [0.4, 0.5) is 17.1 Å². The van der Waals surface area contributed by atoms with Crippen molar-refractivity contribution in [1.29, 1.82) is 0 Å². The first kappa shape index (κ1) is 15.0. The molecule has 0 aromatic heterocycles. The van der Waals surface area contributed by atoms with Crippen LogP contribution in [-0.2, 0) is 6.61 Å². The molecular formula is C16H18N2O3. The number of benzene rings is 2. The first-order valence-corrected chi connectivity index (χ1v) is 6.79. The highest BCUT2D eigenvalue weighted by atomic mass is 16.6. The molecule has 5 nitrogen and oxygen atoms in total. The molecule has 2 rings (SSSR count). The Morgan fingerprint density at radius 3 is 2.48 bits per heavy atom. The van der Waals surface area contributed by atoms with Gasteiger partial charge in [-0.3, -0.25) is 10.1 Å². The lowest BCUT2D eigenvalue weighted by Gasteiger charge is -2.25. The number of hydrogen-bond acceptors (Lipinski definition) is 4. The van der Waals surface area contributed by atoms with Gasteiger partial charge in [-0.1, -0.05) is 24.3 Å².